The Morgan fingerprint density at radius 3 is 3.13 bits per heavy atom. The lowest BCUT2D eigenvalue weighted by Gasteiger charge is -2.21. The minimum Gasteiger partial charge on any atom is -0.497 e. The molecule has 2 rings (SSSR count). The largest absolute Gasteiger partial charge is 0.497 e. The Kier molecular flexibility index (Phi) is 3.70. The summed E-state index contributed by atoms with van der Waals surface area (Å²) in [6, 6.07) is 7.89. The molecule has 1 aromatic rings. The molecular weight excluding hydrogens is 228 g/mol. The molecule has 1 aliphatic heterocycles. The van der Waals surface area contributed by atoms with E-state index in [1.807, 2.05) is 24.3 Å². The van der Waals surface area contributed by atoms with Crippen LogP contribution in [0.15, 0.2) is 24.3 Å². The predicted molar refractivity (Wildman–Crippen MR) is 65.8 cm³/mol. The predicted octanol–water partition coefficient (Wildman–Crippen LogP) is 2.58. The summed E-state index contributed by atoms with van der Waals surface area (Å²) < 4.78 is 17.1. The van der Waals surface area contributed by atoms with Crippen LogP contribution in [0.3, 0.4) is 0 Å². The molecule has 0 saturated carbocycles. The van der Waals surface area contributed by atoms with Gasteiger partial charge < -0.3 is 4.74 Å². The fraction of sp³-hybridized carbons (Fsp3) is 0.455. The highest BCUT2D eigenvalue weighted by molar-refractivity contribution is 8.11. The van der Waals surface area contributed by atoms with Crippen molar-refractivity contribution in [2.45, 2.75) is 11.0 Å². The van der Waals surface area contributed by atoms with Crippen LogP contribution in [-0.2, 0) is 10.8 Å². The molecule has 1 heterocycles. The first-order chi connectivity index (χ1) is 7.31. The minimum atomic E-state index is -0.732. The van der Waals surface area contributed by atoms with Gasteiger partial charge in [0.2, 0.25) is 0 Å². The van der Waals surface area contributed by atoms with Crippen LogP contribution in [0.25, 0.3) is 0 Å². The van der Waals surface area contributed by atoms with E-state index >= 15 is 0 Å². The van der Waals surface area contributed by atoms with Crippen molar-refractivity contribution in [1.82, 2.24) is 0 Å². The van der Waals surface area contributed by atoms with Crippen molar-refractivity contribution < 1.29 is 8.95 Å². The highest BCUT2D eigenvalue weighted by Gasteiger charge is 2.23. The van der Waals surface area contributed by atoms with Gasteiger partial charge in [-0.05, 0) is 29.9 Å². The molecule has 0 aromatic heterocycles. The molecule has 15 heavy (non-hydrogen) atoms. The Labute approximate surface area is 96.9 Å². The second-order valence-electron chi connectivity index (χ2n) is 3.42. The number of methoxy groups -OCH3 is 1. The molecular formula is C11H14O2S2. The van der Waals surface area contributed by atoms with E-state index < -0.39 is 10.8 Å². The number of thioether (sulfide) groups is 1. The van der Waals surface area contributed by atoms with Crippen LogP contribution in [0.2, 0.25) is 0 Å². The Hall–Kier alpha value is -0.480. The van der Waals surface area contributed by atoms with Gasteiger partial charge in [-0.25, -0.2) is 0 Å². The highest BCUT2D eigenvalue weighted by Crippen LogP contribution is 2.37. The molecule has 4 heteroatoms. The van der Waals surface area contributed by atoms with Crippen molar-refractivity contribution in [1.29, 1.82) is 0 Å². The highest BCUT2D eigenvalue weighted by atomic mass is 32.2. The van der Waals surface area contributed by atoms with Gasteiger partial charge in [-0.15, -0.1) is 11.8 Å². The van der Waals surface area contributed by atoms with Crippen LogP contribution in [0.4, 0.5) is 0 Å². The van der Waals surface area contributed by atoms with E-state index in [1.54, 1.807) is 18.9 Å². The zero-order chi connectivity index (χ0) is 10.7. The summed E-state index contributed by atoms with van der Waals surface area (Å²) >= 11 is 1.79. The summed E-state index contributed by atoms with van der Waals surface area (Å²) in [6.07, 6.45) is 1.07. The SMILES string of the molecule is COc1cccc([C@H]2SCCC[S@@]2=O)c1. The lowest BCUT2D eigenvalue weighted by Crippen LogP contribution is -2.13. The van der Waals surface area contributed by atoms with Gasteiger partial charge >= 0.3 is 0 Å². The van der Waals surface area contributed by atoms with E-state index in [0.717, 1.165) is 29.2 Å². The summed E-state index contributed by atoms with van der Waals surface area (Å²) in [7, 11) is 0.925. The fourth-order valence-electron chi connectivity index (χ4n) is 1.61. The molecule has 0 amide bonds. The van der Waals surface area contributed by atoms with Crippen LogP contribution < -0.4 is 4.74 Å². The molecule has 82 valence electrons. The van der Waals surface area contributed by atoms with Gasteiger partial charge in [0.1, 0.15) is 10.3 Å². The third kappa shape index (κ3) is 2.55. The first-order valence-electron chi connectivity index (χ1n) is 4.94. The first-order valence-corrected chi connectivity index (χ1v) is 7.37. The van der Waals surface area contributed by atoms with Gasteiger partial charge in [0.25, 0.3) is 0 Å². The average Bonchev–Trinajstić information content (AvgIpc) is 2.30. The summed E-state index contributed by atoms with van der Waals surface area (Å²) in [5.41, 5.74) is 1.12. The zero-order valence-corrected chi connectivity index (χ0v) is 10.3. The van der Waals surface area contributed by atoms with Crippen LogP contribution in [-0.4, -0.2) is 22.8 Å². The molecule has 1 aliphatic rings. The molecule has 1 fully saturated rings. The van der Waals surface area contributed by atoms with Crippen molar-refractivity contribution in [3.05, 3.63) is 29.8 Å². The van der Waals surface area contributed by atoms with E-state index in [-0.39, 0.29) is 4.58 Å². The standard InChI is InChI=1S/C11H14O2S2/c1-13-10-5-2-4-9(8-10)11-14-6-3-7-15(11)12/h2,4-5,8,11H,3,6-7H2,1H3/t11-,15-/m0/s1. The molecule has 0 radical (unpaired) electrons. The first kappa shape index (κ1) is 11.0. The van der Waals surface area contributed by atoms with E-state index in [4.69, 9.17) is 4.74 Å². The number of rotatable bonds is 2. The number of hydrogen-bond acceptors (Lipinski definition) is 3. The topological polar surface area (TPSA) is 26.3 Å². The maximum Gasteiger partial charge on any atom is 0.119 e. The summed E-state index contributed by atoms with van der Waals surface area (Å²) in [5.74, 6) is 2.78. The van der Waals surface area contributed by atoms with E-state index in [0.29, 0.717) is 0 Å². The van der Waals surface area contributed by atoms with Crippen molar-refractivity contribution in [2.24, 2.45) is 0 Å². The Morgan fingerprint density at radius 2 is 2.40 bits per heavy atom. The molecule has 0 bridgehead atoms. The van der Waals surface area contributed by atoms with Crippen LogP contribution in [0, 0.1) is 0 Å². The molecule has 0 N–H and O–H groups in total. The third-order valence-electron chi connectivity index (χ3n) is 2.36. The third-order valence-corrected chi connectivity index (χ3v) is 5.96. The number of ether oxygens (including phenoxy) is 1. The second-order valence-corrected chi connectivity index (χ2v) is 6.57. The minimum absolute atomic E-state index is 0.133. The molecule has 1 saturated heterocycles. The van der Waals surface area contributed by atoms with Crippen LogP contribution in [0.1, 0.15) is 16.6 Å². The van der Waals surface area contributed by atoms with Crippen molar-refractivity contribution >= 4 is 22.6 Å². The lowest BCUT2D eigenvalue weighted by molar-refractivity contribution is 0.414. The average molecular weight is 242 g/mol. The molecule has 1 aromatic carbocycles. The van der Waals surface area contributed by atoms with Gasteiger partial charge in [-0.2, -0.15) is 0 Å². The molecule has 2 nitrogen and oxygen atoms in total. The van der Waals surface area contributed by atoms with Gasteiger partial charge in [-0.1, -0.05) is 12.1 Å². The second kappa shape index (κ2) is 5.03. The van der Waals surface area contributed by atoms with Crippen molar-refractivity contribution in [3.8, 4) is 5.75 Å². The summed E-state index contributed by atoms with van der Waals surface area (Å²) in [5, 5.41) is 0. The monoisotopic (exact) mass is 242 g/mol. The molecule has 0 spiro atoms. The van der Waals surface area contributed by atoms with E-state index in [1.165, 1.54) is 0 Å². The van der Waals surface area contributed by atoms with E-state index in [2.05, 4.69) is 0 Å². The van der Waals surface area contributed by atoms with Gasteiger partial charge in [-0.3, -0.25) is 4.21 Å². The van der Waals surface area contributed by atoms with Crippen molar-refractivity contribution in [3.63, 3.8) is 0 Å². The van der Waals surface area contributed by atoms with Crippen molar-refractivity contribution in [2.75, 3.05) is 18.6 Å². The summed E-state index contributed by atoms with van der Waals surface area (Å²) in [6.45, 7) is 0. The molecule has 0 aliphatic carbocycles. The Bertz CT molecular complexity index is 365. The zero-order valence-electron chi connectivity index (χ0n) is 8.64. The maximum absolute atomic E-state index is 11.8. The number of hydrogen-bond donors (Lipinski definition) is 0. The quantitative estimate of drug-likeness (QED) is 0.797. The Balaban J connectivity index is 2.23. The Morgan fingerprint density at radius 1 is 1.53 bits per heavy atom. The summed E-state index contributed by atoms with van der Waals surface area (Å²) in [4.78, 5) is 0. The fourth-order valence-corrected chi connectivity index (χ4v) is 4.94. The van der Waals surface area contributed by atoms with Crippen LogP contribution in [0.5, 0.6) is 5.75 Å². The lowest BCUT2D eigenvalue weighted by atomic mass is 10.2. The molecule has 0 unspecified atom stereocenters. The smallest absolute Gasteiger partial charge is 0.119 e. The molecule has 2 atom stereocenters. The van der Waals surface area contributed by atoms with Gasteiger partial charge in [0.05, 0.1) is 7.11 Å². The van der Waals surface area contributed by atoms with Gasteiger partial charge in [0.15, 0.2) is 0 Å². The normalized spacial score (nSPS) is 26.2. The van der Waals surface area contributed by atoms with E-state index in [9.17, 15) is 4.21 Å². The van der Waals surface area contributed by atoms with Gasteiger partial charge in [0, 0.05) is 16.6 Å². The number of benzene rings is 1. The maximum atomic E-state index is 11.8. The van der Waals surface area contributed by atoms with Crippen LogP contribution >= 0.6 is 11.8 Å².